The highest BCUT2D eigenvalue weighted by molar-refractivity contribution is 5.95. The third kappa shape index (κ3) is 2.88. The second-order valence-electron chi connectivity index (χ2n) is 4.90. The number of nitro groups is 1. The van der Waals surface area contributed by atoms with Gasteiger partial charge in [-0.2, -0.15) is 0 Å². The maximum Gasteiger partial charge on any atom is 0.311 e. The molecule has 1 fully saturated rings. The lowest BCUT2D eigenvalue weighted by Crippen LogP contribution is -2.47. The quantitative estimate of drug-likeness (QED) is 0.624. The van der Waals surface area contributed by atoms with E-state index in [1.807, 2.05) is 0 Å². The number of carbonyl (C=O) groups excluding carboxylic acids is 1. The normalized spacial score (nSPS) is 16.1. The molecule has 1 aromatic rings. The monoisotopic (exact) mass is 280 g/mol. The van der Waals surface area contributed by atoms with Crippen LogP contribution >= 0.6 is 0 Å². The van der Waals surface area contributed by atoms with Crippen LogP contribution in [0.15, 0.2) is 18.2 Å². The lowest BCUT2D eigenvalue weighted by Gasteiger charge is -2.36. The van der Waals surface area contributed by atoms with Gasteiger partial charge in [-0.25, -0.2) is 0 Å². The number of amides is 1. The van der Waals surface area contributed by atoms with E-state index in [9.17, 15) is 20.0 Å². The molecule has 1 amide bonds. The van der Waals surface area contributed by atoms with Crippen molar-refractivity contribution in [3.63, 3.8) is 0 Å². The molecule has 2 N–H and O–H groups in total. The van der Waals surface area contributed by atoms with Gasteiger partial charge in [-0.05, 0) is 31.4 Å². The Kier molecular flexibility index (Phi) is 3.89. The summed E-state index contributed by atoms with van der Waals surface area (Å²) in [5.41, 5.74) is -0.920. The highest BCUT2D eigenvalue weighted by atomic mass is 16.6. The van der Waals surface area contributed by atoms with Crippen molar-refractivity contribution in [3.8, 4) is 5.75 Å². The van der Waals surface area contributed by atoms with Gasteiger partial charge in [-0.3, -0.25) is 14.9 Å². The molecule has 0 aliphatic heterocycles. The number of carbonyl (C=O) groups is 1. The number of ether oxygens (including phenoxy) is 1. The van der Waals surface area contributed by atoms with Crippen LogP contribution in [0, 0.1) is 10.1 Å². The third-order valence-corrected chi connectivity index (χ3v) is 3.50. The highest BCUT2D eigenvalue weighted by Crippen LogP contribution is 2.31. The molecule has 0 spiro atoms. The Hall–Kier alpha value is -2.15. The summed E-state index contributed by atoms with van der Waals surface area (Å²) in [6.45, 7) is 0.158. The second kappa shape index (κ2) is 5.46. The maximum absolute atomic E-state index is 11.9. The van der Waals surface area contributed by atoms with Crippen LogP contribution in [0.3, 0.4) is 0 Å². The van der Waals surface area contributed by atoms with Gasteiger partial charge in [-0.15, -0.1) is 0 Å². The first-order valence-electron chi connectivity index (χ1n) is 6.28. The summed E-state index contributed by atoms with van der Waals surface area (Å²) in [6.07, 6.45) is 2.27. The Morgan fingerprint density at radius 1 is 1.55 bits per heavy atom. The van der Waals surface area contributed by atoms with Gasteiger partial charge in [0.15, 0.2) is 5.75 Å². The molecule has 108 valence electrons. The molecular formula is C13H16N2O5. The van der Waals surface area contributed by atoms with E-state index in [1.165, 1.54) is 25.3 Å². The fourth-order valence-electron chi connectivity index (χ4n) is 2.08. The van der Waals surface area contributed by atoms with E-state index >= 15 is 0 Å². The Morgan fingerprint density at radius 3 is 2.75 bits per heavy atom. The van der Waals surface area contributed by atoms with Crippen LogP contribution in [0.2, 0.25) is 0 Å². The highest BCUT2D eigenvalue weighted by Gasteiger charge is 2.34. The molecule has 7 nitrogen and oxygen atoms in total. The van der Waals surface area contributed by atoms with Gasteiger partial charge in [0, 0.05) is 18.2 Å². The van der Waals surface area contributed by atoms with Crippen LogP contribution in [-0.4, -0.2) is 35.2 Å². The molecule has 0 unspecified atom stereocenters. The number of hydrogen-bond donors (Lipinski definition) is 2. The van der Waals surface area contributed by atoms with Gasteiger partial charge >= 0.3 is 5.69 Å². The molecule has 0 radical (unpaired) electrons. The summed E-state index contributed by atoms with van der Waals surface area (Å²) in [5.74, 6) is -0.347. The number of methoxy groups -OCH3 is 1. The molecule has 1 aliphatic rings. The van der Waals surface area contributed by atoms with E-state index in [0.717, 1.165) is 6.42 Å². The van der Waals surface area contributed by atoms with Crippen molar-refractivity contribution < 1.29 is 19.6 Å². The zero-order valence-electron chi connectivity index (χ0n) is 11.1. The first-order chi connectivity index (χ1) is 9.45. The summed E-state index contributed by atoms with van der Waals surface area (Å²) in [6, 6.07) is 4.00. The van der Waals surface area contributed by atoms with Gasteiger partial charge in [-0.1, -0.05) is 0 Å². The van der Waals surface area contributed by atoms with Crippen molar-refractivity contribution in [2.45, 2.75) is 24.9 Å². The van der Waals surface area contributed by atoms with Crippen LogP contribution in [0.4, 0.5) is 5.69 Å². The Labute approximate surface area is 115 Å². The van der Waals surface area contributed by atoms with Gasteiger partial charge in [0.2, 0.25) is 0 Å². The fraction of sp³-hybridized carbons (Fsp3) is 0.462. The van der Waals surface area contributed by atoms with Crippen LogP contribution < -0.4 is 10.1 Å². The Morgan fingerprint density at radius 2 is 2.25 bits per heavy atom. The molecule has 1 aliphatic carbocycles. The van der Waals surface area contributed by atoms with Crippen molar-refractivity contribution in [2.75, 3.05) is 13.7 Å². The molecule has 2 rings (SSSR count). The number of nitrogens with one attached hydrogen (secondary N) is 1. The summed E-state index contributed by atoms with van der Waals surface area (Å²) in [4.78, 5) is 22.2. The van der Waals surface area contributed by atoms with Crippen LogP contribution in [-0.2, 0) is 0 Å². The molecule has 0 heterocycles. The second-order valence-corrected chi connectivity index (χ2v) is 4.90. The number of nitrogens with zero attached hydrogens (tertiary/aromatic N) is 1. The fourth-order valence-corrected chi connectivity index (χ4v) is 2.08. The lowest BCUT2D eigenvalue weighted by molar-refractivity contribution is -0.385. The lowest BCUT2D eigenvalue weighted by atomic mass is 9.80. The van der Waals surface area contributed by atoms with E-state index < -0.39 is 16.4 Å². The number of rotatable bonds is 5. The molecule has 20 heavy (non-hydrogen) atoms. The molecule has 0 aromatic heterocycles. The Balaban J connectivity index is 2.09. The number of benzene rings is 1. The molecule has 1 aromatic carbocycles. The average molecular weight is 280 g/mol. The van der Waals surface area contributed by atoms with Gasteiger partial charge < -0.3 is 15.2 Å². The minimum atomic E-state index is -0.825. The largest absolute Gasteiger partial charge is 0.490 e. The predicted octanol–water partition coefficient (Wildman–Crippen LogP) is 1.25. The van der Waals surface area contributed by atoms with Gasteiger partial charge in [0.1, 0.15) is 0 Å². The van der Waals surface area contributed by atoms with Gasteiger partial charge in [0.25, 0.3) is 5.91 Å². The van der Waals surface area contributed by atoms with Crippen LogP contribution in [0.5, 0.6) is 5.75 Å². The van der Waals surface area contributed by atoms with Crippen molar-refractivity contribution >= 4 is 11.6 Å². The van der Waals surface area contributed by atoms with Gasteiger partial charge in [0.05, 0.1) is 17.6 Å². The first kappa shape index (κ1) is 14.3. The zero-order chi connectivity index (χ0) is 14.8. The summed E-state index contributed by atoms with van der Waals surface area (Å²) < 4.78 is 4.87. The molecule has 7 heteroatoms. The van der Waals surface area contributed by atoms with E-state index in [2.05, 4.69) is 5.32 Å². The summed E-state index contributed by atoms with van der Waals surface area (Å²) >= 11 is 0. The van der Waals surface area contributed by atoms with Crippen molar-refractivity contribution in [1.82, 2.24) is 5.32 Å². The minimum absolute atomic E-state index is 0.101. The predicted molar refractivity (Wildman–Crippen MR) is 70.8 cm³/mol. The van der Waals surface area contributed by atoms with Crippen molar-refractivity contribution in [3.05, 3.63) is 33.9 Å². The van der Waals surface area contributed by atoms with E-state index in [-0.39, 0.29) is 23.5 Å². The van der Waals surface area contributed by atoms with Crippen molar-refractivity contribution in [1.29, 1.82) is 0 Å². The number of aliphatic hydroxyl groups is 1. The third-order valence-electron chi connectivity index (χ3n) is 3.50. The van der Waals surface area contributed by atoms with Crippen molar-refractivity contribution in [2.24, 2.45) is 0 Å². The maximum atomic E-state index is 11.9. The SMILES string of the molecule is COc1ccc(C(=O)NCC2(O)CCC2)cc1[N+](=O)[O-]. The molecule has 0 bridgehead atoms. The minimum Gasteiger partial charge on any atom is -0.490 e. The molecular weight excluding hydrogens is 264 g/mol. The Bertz CT molecular complexity index is 540. The van der Waals surface area contributed by atoms with Crippen LogP contribution in [0.25, 0.3) is 0 Å². The number of nitro benzene ring substituents is 1. The average Bonchev–Trinajstić information content (AvgIpc) is 2.41. The van der Waals surface area contributed by atoms with E-state index in [4.69, 9.17) is 4.74 Å². The van der Waals surface area contributed by atoms with Crippen LogP contribution in [0.1, 0.15) is 29.6 Å². The zero-order valence-corrected chi connectivity index (χ0v) is 11.1. The molecule has 0 saturated heterocycles. The standard InChI is InChI=1S/C13H16N2O5/c1-20-11-4-3-9(7-10(11)15(18)19)12(16)14-8-13(17)5-2-6-13/h3-4,7,17H,2,5-6,8H2,1H3,(H,14,16). The summed E-state index contributed by atoms with van der Waals surface area (Å²) in [7, 11) is 1.33. The summed E-state index contributed by atoms with van der Waals surface area (Å²) in [5, 5.41) is 23.4. The van der Waals surface area contributed by atoms with E-state index in [1.54, 1.807) is 0 Å². The number of hydrogen-bond acceptors (Lipinski definition) is 5. The smallest absolute Gasteiger partial charge is 0.311 e. The topological polar surface area (TPSA) is 102 Å². The molecule has 1 saturated carbocycles. The molecule has 0 atom stereocenters. The van der Waals surface area contributed by atoms with E-state index in [0.29, 0.717) is 12.8 Å². The first-order valence-corrected chi connectivity index (χ1v) is 6.28.